The van der Waals surface area contributed by atoms with E-state index >= 15 is 0 Å². The van der Waals surface area contributed by atoms with Gasteiger partial charge in [-0.25, -0.2) is 4.79 Å². The summed E-state index contributed by atoms with van der Waals surface area (Å²) in [6.07, 6.45) is 10.8. The highest BCUT2D eigenvalue weighted by atomic mass is 16.3. The number of amides is 2. The van der Waals surface area contributed by atoms with Gasteiger partial charge in [-0.3, -0.25) is 4.68 Å². The molecule has 2 saturated carbocycles. The molecule has 0 radical (unpaired) electrons. The van der Waals surface area contributed by atoms with Gasteiger partial charge in [-0.1, -0.05) is 12.8 Å². The third kappa shape index (κ3) is 4.25. The summed E-state index contributed by atoms with van der Waals surface area (Å²) in [4.78, 5) is 12.1. The van der Waals surface area contributed by atoms with E-state index in [1.54, 1.807) is 31.0 Å². The quantitative estimate of drug-likeness (QED) is 0.775. The molecule has 2 aliphatic carbocycles. The first-order chi connectivity index (χ1) is 10.9. The van der Waals surface area contributed by atoms with Crippen LogP contribution in [-0.4, -0.2) is 33.5 Å². The Bertz CT molecular complexity index is 551. The Balaban J connectivity index is 1.45. The molecule has 128 valence electrons. The number of aromatic nitrogens is 2. The zero-order chi connectivity index (χ0) is 16.4. The lowest BCUT2D eigenvalue weighted by molar-refractivity contribution is 0.0590. The highest BCUT2D eigenvalue weighted by Gasteiger charge is 2.35. The van der Waals surface area contributed by atoms with Gasteiger partial charge in [-0.2, -0.15) is 5.10 Å². The smallest absolute Gasteiger partial charge is 0.315 e. The highest BCUT2D eigenvalue weighted by Crippen LogP contribution is 2.43. The lowest BCUT2D eigenvalue weighted by Gasteiger charge is -2.30. The molecule has 6 nitrogen and oxygen atoms in total. The largest absolute Gasteiger partial charge is 0.383 e. The third-order valence-electron chi connectivity index (χ3n) is 5.26. The molecular formula is C17H28N4O2. The van der Waals surface area contributed by atoms with E-state index in [9.17, 15) is 9.90 Å². The molecule has 2 aliphatic rings. The van der Waals surface area contributed by atoms with Crippen molar-refractivity contribution >= 4 is 6.03 Å². The predicted octanol–water partition coefficient (Wildman–Crippen LogP) is 1.90. The van der Waals surface area contributed by atoms with E-state index in [2.05, 4.69) is 15.7 Å². The van der Waals surface area contributed by atoms with E-state index in [-0.39, 0.29) is 18.6 Å². The topological polar surface area (TPSA) is 79.2 Å². The first-order valence-corrected chi connectivity index (χ1v) is 8.70. The molecule has 2 fully saturated rings. The molecular weight excluding hydrogens is 292 g/mol. The molecule has 3 rings (SSSR count). The van der Waals surface area contributed by atoms with Gasteiger partial charge in [0.15, 0.2) is 0 Å². The van der Waals surface area contributed by atoms with E-state index in [0.29, 0.717) is 5.56 Å². The number of rotatable bonds is 5. The zero-order valence-electron chi connectivity index (χ0n) is 14.1. The van der Waals surface area contributed by atoms with Gasteiger partial charge in [-0.05, 0) is 44.4 Å². The van der Waals surface area contributed by atoms with Gasteiger partial charge in [-0.15, -0.1) is 0 Å². The van der Waals surface area contributed by atoms with E-state index in [4.69, 9.17) is 0 Å². The monoisotopic (exact) mass is 320 g/mol. The van der Waals surface area contributed by atoms with Crippen LogP contribution in [0.15, 0.2) is 12.4 Å². The Hall–Kier alpha value is -1.56. The number of nitrogens with one attached hydrogen (secondary N) is 2. The number of carbonyl (C=O) groups is 1. The van der Waals surface area contributed by atoms with Gasteiger partial charge in [0, 0.05) is 24.8 Å². The Labute approximate surface area is 137 Å². The van der Waals surface area contributed by atoms with Crippen molar-refractivity contribution in [1.82, 2.24) is 20.4 Å². The van der Waals surface area contributed by atoms with Crippen molar-refractivity contribution in [3.05, 3.63) is 18.0 Å². The first kappa shape index (κ1) is 16.3. The Morgan fingerprint density at radius 1 is 1.39 bits per heavy atom. The van der Waals surface area contributed by atoms with Crippen LogP contribution >= 0.6 is 0 Å². The van der Waals surface area contributed by atoms with Crippen molar-refractivity contribution in [3.63, 3.8) is 0 Å². The minimum Gasteiger partial charge on any atom is -0.383 e. The molecule has 3 atom stereocenters. The van der Waals surface area contributed by atoms with Crippen LogP contribution in [-0.2, 0) is 12.6 Å². The number of aryl methyl sites for hydroxylation is 1. The summed E-state index contributed by atoms with van der Waals surface area (Å²) in [5, 5.41) is 20.4. The molecule has 23 heavy (non-hydrogen) atoms. The molecule has 6 heteroatoms. The molecule has 0 saturated heterocycles. The number of hydrogen-bond donors (Lipinski definition) is 3. The second-order valence-corrected chi connectivity index (χ2v) is 7.46. The average molecular weight is 320 g/mol. The first-order valence-electron chi connectivity index (χ1n) is 8.70. The van der Waals surface area contributed by atoms with Gasteiger partial charge >= 0.3 is 6.03 Å². The normalized spacial score (nSPS) is 27.3. The van der Waals surface area contributed by atoms with Crippen molar-refractivity contribution < 1.29 is 9.90 Å². The molecule has 0 aliphatic heterocycles. The van der Waals surface area contributed by atoms with Crippen molar-refractivity contribution in [2.45, 2.75) is 57.1 Å². The lowest BCUT2D eigenvalue weighted by Crippen LogP contribution is -2.48. The summed E-state index contributed by atoms with van der Waals surface area (Å²) < 4.78 is 1.64. The zero-order valence-corrected chi connectivity index (χ0v) is 14.1. The second-order valence-electron chi connectivity index (χ2n) is 7.46. The van der Waals surface area contributed by atoms with Gasteiger partial charge < -0.3 is 15.7 Å². The summed E-state index contributed by atoms with van der Waals surface area (Å²) in [5.41, 5.74) is -0.416. The van der Waals surface area contributed by atoms with Gasteiger partial charge in [0.1, 0.15) is 5.60 Å². The van der Waals surface area contributed by atoms with Crippen LogP contribution < -0.4 is 10.6 Å². The van der Waals surface area contributed by atoms with Gasteiger partial charge in [0.05, 0.1) is 12.7 Å². The Kier molecular flexibility index (Phi) is 4.62. The Morgan fingerprint density at radius 2 is 2.17 bits per heavy atom. The highest BCUT2D eigenvalue weighted by molar-refractivity contribution is 5.74. The van der Waals surface area contributed by atoms with Crippen molar-refractivity contribution in [1.29, 1.82) is 0 Å². The third-order valence-corrected chi connectivity index (χ3v) is 5.26. The molecule has 3 unspecified atom stereocenters. The molecule has 0 aromatic carbocycles. The predicted molar refractivity (Wildman–Crippen MR) is 87.8 cm³/mol. The van der Waals surface area contributed by atoms with Crippen LogP contribution in [0.3, 0.4) is 0 Å². The number of aliphatic hydroxyl groups is 1. The molecule has 2 amide bonds. The maximum atomic E-state index is 12.1. The second kappa shape index (κ2) is 6.51. The average Bonchev–Trinajstić information content (AvgIpc) is 3.27. The maximum Gasteiger partial charge on any atom is 0.315 e. The maximum absolute atomic E-state index is 12.1. The van der Waals surface area contributed by atoms with Gasteiger partial charge in [0.2, 0.25) is 0 Å². The molecule has 1 heterocycles. The van der Waals surface area contributed by atoms with Crippen LogP contribution in [0, 0.1) is 11.8 Å². The van der Waals surface area contributed by atoms with E-state index in [0.717, 1.165) is 24.7 Å². The fourth-order valence-corrected chi connectivity index (χ4v) is 3.64. The number of nitrogens with zero attached hydrogens (tertiary/aromatic N) is 2. The van der Waals surface area contributed by atoms with Crippen molar-refractivity contribution in [3.8, 4) is 0 Å². The number of carbonyl (C=O) groups excluding carboxylic acids is 1. The van der Waals surface area contributed by atoms with E-state index < -0.39 is 5.60 Å². The van der Waals surface area contributed by atoms with Crippen molar-refractivity contribution in [2.24, 2.45) is 18.9 Å². The summed E-state index contributed by atoms with van der Waals surface area (Å²) >= 11 is 0. The summed E-state index contributed by atoms with van der Waals surface area (Å²) in [6, 6.07) is 0.0910. The van der Waals surface area contributed by atoms with Crippen LogP contribution in [0.4, 0.5) is 4.79 Å². The summed E-state index contributed by atoms with van der Waals surface area (Å²) in [6.45, 7) is 1.86. The fourth-order valence-electron chi connectivity index (χ4n) is 3.64. The molecule has 1 aromatic rings. The lowest BCUT2D eigenvalue weighted by atomic mass is 9.83. The number of hydrogen-bond acceptors (Lipinski definition) is 3. The van der Waals surface area contributed by atoms with Crippen LogP contribution in [0.25, 0.3) is 0 Å². The Morgan fingerprint density at radius 3 is 2.83 bits per heavy atom. The fraction of sp³-hybridized carbons (Fsp3) is 0.765. The van der Waals surface area contributed by atoms with Crippen molar-refractivity contribution in [2.75, 3.05) is 6.54 Å². The minimum absolute atomic E-state index is 0.170. The van der Waals surface area contributed by atoms with Gasteiger partial charge in [0.25, 0.3) is 0 Å². The molecule has 0 bridgehead atoms. The van der Waals surface area contributed by atoms with Crippen LogP contribution in [0.5, 0.6) is 0 Å². The SMILES string of the molecule is Cn1cc(C(C)(O)CNC(=O)NC2CCCC(C3CC3)C2)cn1. The standard InChI is InChI=1S/C17H28N4O2/c1-17(23,14-9-19-21(2)10-14)11-18-16(22)20-15-5-3-4-13(8-15)12-6-7-12/h9-10,12-13,15,23H,3-8,11H2,1-2H3,(H2,18,20,22). The summed E-state index contributed by atoms with van der Waals surface area (Å²) in [7, 11) is 1.80. The minimum atomic E-state index is -1.12. The van der Waals surface area contributed by atoms with Crippen LogP contribution in [0.2, 0.25) is 0 Å². The van der Waals surface area contributed by atoms with E-state index in [1.807, 2.05) is 0 Å². The molecule has 0 spiro atoms. The van der Waals surface area contributed by atoms with Crippen LogP contribution in [0.1, 0.15) is 51.0 Å². The number of urea groups is 1. The van der Waals surface area contributed by atoms with E-state index in [1.165, 1.54) is 25.7 Å². The summed E-state index contributed by atoms with van der Waals surface area (Å²) in [5.74, 6) is 1.71. The molecule has 3 N–H and O–H groups in total. The molecule has 1 aromatic heterocycles.